The van der Waals surface area contributed by atoms with Gasteiger partial charge < -0.3 is 54.8 Å². The summed E-state index contributed by atoms with van der Waals surface area (Å²) in [4.78, 5) is 54.2. The molecular formula is C47H76O18P2. The summed E-state index contributed by atoms with van der Waals surface area (Å²) >= 11 is 0. The summed E-state index contributed by atoms with van der Waals surface area (Å²) in [5.74, 6) is -1.40. The number of unbranched alkanes of at least 4 members (excludes halogenated alkanes) is 6. The van der Waals surface area contributed by atoms with Gasteiger partial charge in [-0.25, -0.2) is 9.13 Å². The molecule has 9 N–H and O–H groups in total. The van der Waals surface area contributed by atoms with Crippen LogP contribution in [0.2, 0.25) is 0 Å². The molecule has 0 radical (unpaired) electrons. The van der Waals surface area contributed by atoms with Gasteiger partial charge in [0.2, 0.25) is 0 Å². The van der Waals surface area contributed by atoms with E-state index >= 15 is 0 Å². The first kappa shape index (κ1) is 61.9. The molecule has 1 fully saturated rings. The molecule has 10 atom stereocenters. The fourth-order valence-electron chi connectivity index (χ4n) is 6.20. The Morgan fingerprint density at radius 1 is 0.567 bits per heavy atom. The van der Waals surface area contributed by atoms with E-state index in [-0.39, 0.29) is 19.3 Å². The van der Waals surface area contributed by atoms with Crippen LogP contribution in [-0.2, 0) is 41.8 Å². The zero-order valence-corrected chi connectivity index (χ0v) is 40.5. The molecule has 0 spiro atoms. The standard InChI is InChI=1S/C47H76O18P2/c1-3-5-7-8-9-10-11-12-13-14-15-19-27-33-40(50)61-35-39(36-62-67(59,60)65-47-44(54)42(52)43(53)46(45(47)55)64-66(56,57)58)63-41(51)34-28-20-17-16-18-24-30-38(49)32-26-22-21-25-31-37(48)29-23-6-4-2/h6-8,10-11,17-18,20-26,31-32,37-39,42-49,52-55H,3-5,9,12-16,19,27-30,33-36H2,1-2H3,(H,59,60)(H2,56,57,58)/b8-7-,11-10-,20-17-,22-21-,23-6-,24-18-,31-25+,32-26+/t37-,38+,39+,42?,43?,44?,45?,46+,47-/m0/s1. The van der Waals surface area contributed by atoms with E-state index in [2.05, 4.69) is 35.8 Å². The molecule has 1 aliphatic rings. The fraction of sp³-hybridized carbons (Fsp3) is 0.617. The number of hydrogen-bond acceptors (Lipinski definition) is 15. The van der Waals surface area contributed by atoms with Crippen LogP contribution in [0.3, 0.4) is 0 Å². The number of hydrogen-bond donors (Lipinski definition) is 9. The first-order chi connectivity index (χ1) is 31.9. The van der Waals surface area contributed by atoms with Crippen LogP contribution in [0.5, 0.6) is 0 Å². The fourth-order valence-corrected chi connectivity index (χ4v) is 7.74. The first-order valence-electron chi connectivity index (χ1n) is 23.0. The Balaban J connectivity index is 2.72. The smallest absolute Gasteiger partial charge is 0.462 e. The third kappa shape index (κ3) is 31.6. The average molecular weight is 991 g/mol. The molecule has 0 heterocycles. The van der Waals surface area contributed by atoms with Crippen molar-refractivity contribution in [3.8, 4) is 0 Å². The minimum absolute atomic E-state index is 0.0604. The molecule has 0 saturated heterocycles. The van der Waals surface area contributed by atoms with Gasteiger partial charge in [0.25, 0.3) is 0 Å². The van der Waals surface area contributed by atoms with Crippen LogP contribution >= 0.6 is 15.6 Å². The van der Waals surface area contributed by atoms with Crippen LogP contribution in [0.25, 0.3) is 0 Å². The van der Waals surface area contributed by atoms with Crippen molar-refractivity contribution in [2.75, 3.05) is 13.2 Å². The summed E-state index contributed by atoms with van der Waals surface area (Å²) < 4.78 is 49.1. The zero-order chi connectivity index (χ0) is 49.9. The van der Waals surface area contributed by atoms with E-state index in [4.69, 9.17) is 28.3 Å². The second-order valence-corrected chi connectivity index (χ2v) is 18.4. The molecular weight excluding hydrogens is 914 g/mol. The van der Waals surface area contributed by atoms with Crippen LogP contribution in [0.15, 0.2) is 97.2 Å². The highest BCUT2D eigenvalue weighted by molar-refractivity contribution is 7.47. The van der Waals surface area contributed by atoms with E-state index in [9.17, 15) is 54.3 Å². The Kier molecular flexibility index (Phi) is 33.9. The second kappa shape index (κ2) is 36.8. The van der Waals surface area contributed by atoms with Crippen LogP contribution in [-0.4, -0.2) is 125 Å². The highest BCUT2D eigenvalue weighted by Crippen LogP contribution is 2.49. The van der Waals surface area contributed by atoms with Crippen LogP contribution in [0.1, 0.15) is 117 Å². The third-order valence-electron chi connectivity index (χ3n) is 9.80. The van der Waals surface area contributed by atoms with E-state index in [0.29, 0.717) is 25.7 Å². The maximum absolute atomic E-state index is 13.0. The number of allylic oxidation sites excluding steroid dienone is 12. The number of esters is 2. The molecule has 0 aromatic rings. The number of carbonyl (C=O) groups excluding carboxylic acids is 2. The summed E-state index contributed by atoms with van der Waals surface area (Å²) in [5, 5.41) is 61.2. The van der Waals surface area contributed by atoms with Crippen molar-refractivity contribution in [3.05, 3.63) is 97.2 Å². The van der Waals surface area contributed by atoms with Crippen LogP contribution < -0.4 is 0 Å². The summed E-state index contributed by atoms with van der Waals surface area (Å²) in [6.07, 6.45) is 24.4. The van der Waals surface area contributed by atoms with Crippen molar-refractivity contribution in [1.29, 1.82) is 0 Å². The lowest BCUT2D eigenvalue weighted by molar-refractivity contribution is -0.216. The SMILES string of the molecule is CC/C=C\C[C@H](O)/C=C/C=C\C=C\[C@H](O)C/C=C\C/C=C\CCC(=O)O[C@H](COC(=O)CCCCCCC/C=C\C/C=C\CCC)COP(=O)(O)O[C@H]1C(O)C(O)C(O)[C@@H](OP(=O)(O)O)C1O. The first-order valence-corrected chi connectivity index (χ1v) is 26.0. The third-order valence-corrected chi connectivity index (χ3v) is 11.3. The Hall–Kier alpha value is -3.16. The van der Waals surface area contributed by atoms with E-state index in [1.165, 1.54) is 0 Å². The zero-order valence-electron chi connectivity index (χ0n) is 38.8. The Morgan fingerprint density at radius 3 is 1.70 bits per heavy atom. The summed E-state index contributed by atoms with van der Waals surface area (Å²) in [7, 11) is -10.8. The molecule has 20 heteroatoms. The van der Waals surface area contributed by atoms with E-state index in [0.717, 1.165) is 57.8 Å². The Bertz CT molecular complexity index is 1700. The Labute approximate surface area is 395 Å². The van der Waals surface area contributed by atoms with Gasteiger partial charge in [-0.05, 0) is 64.2 Å². The second-order valence-electron chi connectivity index (χ2n) is 15.8. The van der Waals surface area contributed by atoms with Gasteiger partial charge in [0, 0.05) is 12.8 Å². The lowest BCUT2D eigenvalue weighted by Crippen LogP contribution is -2.64. The van der Waals surface area contributed by atoms with Gasteiger partial charge >= 0.3 is 27.6 Å². The number of carbonyl (C=O) groups is 2. The number of aliphatic hydroxyl groups excluding tert-OH is 6. The predicted octanol–water partition coefficient (Wildman–Crippen LogP) is 6.33. The van der Waals surface area contributed by atoms with Crippen molar-refractivity contribution >= 4 is 27.6 Å². The minimum Gasteiger partial charge on any atom is -0.462 e. The number of phosphoric acid groups is 2. The number of phosphoric ester groups is 2. The van der Waals surface area contributed by atoms with Gasteiger partial charge in [0.05, 0.1) is 18.8 Å². The molecule has 0 aromatic carbocycles. The van der Waals surface area contributed by atoms with Crippen molar-refractivity contribution in [3.63, 3.8) is 0 Å². The molecule has 382 valence electrons. The number of rotatable bonds is 36. The monoisotopic (exact) mass is 990 g/mol. The van der Waals surface area contributed by atoms with Crippen molar-refractivity contribution in [2.45, 2.75) is 172 Å². The molecule has 0 amide bonds. The quantitative estimate of drug-likeness (QED) is 0.0109. The number of ether oxygens (including phenoxy) is 2. The minimum atomic E-state index is -5.39. The maximum Gasteiger partial charge on any atom is 0.472 e. The molecule has 0 bridgehead atoms. The summed E-state index contributed by atoms with van der Waals surface area (Å²) in [5.41, 5.74) is 0. The number of aliphatic hydroxyl groups is 6. The molecule has 18 nitrogen and oxygen atoms in total. The molecule has 1 saturated carbocycles. The van der Waals surface area contributed by atoms with Gasteiger partial charge in [-0.3, -0.25) is 23.2 Å². The maximum atomic E-state index is 13.0. The van der Waals surface area contributed by atoms with E-state index in [1.54, 1.807) is 54.7 Å². The normalized spacial score (nSPS) is 23.2. The molecule has 67 heavy (non-hydrogen) atoms. The van der Waals surface area contributed by atoms with Gasteiger partial charge in [0.15, 0.2) is 6.10 Å². The highest BCUT2D eigenvalue weighted by Gasteiger charge is 2.54. The summed E-state index contributed by atoms with van der Waals surface area (Å²) in [6, 6.07) is 0. The van der Waals surface area contributed by atoms with Crippen LogP contribution in [0, 0.1) is 0 Å². The van der Waals surface area contributed by atoms with Gasteiger partial charge in [-0.1, -0.05) is 137 Å². The lowest BCUT2D eigenvalue weighted by Gasteiger charge is -2.43. The van der Waals surface area contributed by atoms with Crippen molar-refractivity contribution < 1.29 is 87.1 Å². The topological polar surface area (TPSA) is 296 Å². The average Bonchev–Trinajstić information content (AvgIpc) is 3.27. The van der Waals surface area contributed by atoms with Crippen molar-refractivity contribution in [1.82, 2.24) is 0 Å². The largest absolute Gasteiger partial charge is 0.472 e. The molecule has 0 aliphatic heterocycles. The summed E-state index contributed by atoms with van der Waals surface area (Å²) in [6.45, 7) is 2.67. The highest BCUT2D eigenvalue weighted by atomic mass is 31.2. The van der Waals surface area contributed by atoms with Gasteiger partial charge in [-0.15, -0.1) is 0 Å². The predicted molar refractivity (Wildman–Crippen MR) is 253 cm³/mol. The molecule has 1 aliphatic carbocycles. The van der Waals surface area contributed by atoms with Gasteiger partial charge in [0.1, 0.15) is 43.2 Å². The molecule has 5 unspecified atom stereocenters. The Morgan fingerprint density at radius 2 is 1.10 bits per heavy atom. The lowest BCUT2D eigenvalue weighted by atomic mass is 9.85. The van der Waals surface area contributed by atoms with Crippen molar-refractivity contribution in [2.24, 2.45) is 0 Å². The van der Waals surface area contributed by atoms with Gasteiger partial charge in [-0.2, -0.15) is 0 Å². The molecule has 1 rings (SSSR count). The molecule has 0 aromatic heterocycles. The van der Waals surface area contributed by atoms with E-state index in [1.807, 2.05) is 25.2 Å². The van der Waals surface area contributed by atoms with Crippen LogP contribution in [0.4, 0.5) is 0 Å². The van der Waals surface area contributed by atoms with E-state index < -0.39 is 95.7 Å².